The zero-order valence-electron chi connectivity index (χ0n) is 15.4. The standard InChI is InChI=1S/C21H25NO3/c1-21(2,3)16-10-6-7-11-17(16)22-19(23)14-13-15-9-8-12-18(24-4)20(15)25-5/h6-14H,1-5H3,(H,22,23). The molecule has 0 fully saturated rings. The van der Waals surface area contributed by atoms with Crippen LogP contribution in [0.4, 0.5) is 5.69 Å². The number of carbonyl (C=O) groups is 1. The molecule has 2 aromatic rings. The summed E-state index contributed by atoms with van der Waals surface area (Å²) in [7, 11) is 3.16. The maximum Gasteiger partial charge on any atom is 0.248 e. The predicted molar refractivity (Wildman–Crippen MR) is 102 cm³/mol. The van der Waals surface area contributed by atoms with E-state index in [1.807, 2.05) is 42.5 Å². The number of ether oxygens (including phenoxy) is 2. The molecule has 0 aliphatic rings. The van der Waals surface area contributed by atoms with Gasteiger partial charge in [0, 0.05) is 17.3 Å². The maximum atomic E-state index is 12.3. The number of carbonyl (C=O) groups excluding carboxylic acids is 1. The third-order valence-corrected chi connectivity index (χ3v) is 3.84. The number of para-hydroxylation sites is 2. The number of hydrogen-bond donors (Lipinski definition) is 1. The largest absolute Gasteiger partial charge is 0.493 e. The SMILES string of the molecule is COc1cccc(C=CC(=O)Nc2ccccc2C(C)(C)C)c1OC. The van der Waals surface area contributed by atoms with Gasteiger partial charge in [-0.05, 0) is 29.2 Å². The van der Waals surface area contributed by atoms with Crippen molar-refractivity contribution in [2.24, 2.45) is 0 Å². The molecule has 0 atom stereocenters. The summed E-state index contributed by atoms with van der Waals surface area (Å²) in [5, 5.41) is 2.96. The highest BCUT2D eigenvalue weighted by Gasteiger charge is 2.18. The van der Waals surface area contributed by atoms with Crippen molar-refractivity contribution >= 4 is 17.7 Å². The average molecular weight is 339 g/mol. The molecule has 4 heteroatoms. The van der Waals surface area contributed by atoms with Gasteiger partial charge in [-0.25, -0.2) is 0 Å². The average Bonchev–Trinajstić information content (AvgIpc) is 2.59. The monoisotopic (exact) mass is 339 g/mol. The summed E-state index contributed by atoms with van der Waals surface area (Å²) in [6, 6.07) is 13.4. The van der Waals surface area contributed by atoms with Crippen LogP contribution in [0.1, 0.15) is 31.9 Å². The molecule has 0 unspecified atom stereocenters. The fourth-order valence-corrected chi connectivity index (χ4v) is 2.63. The number of amides is 1. The van der Waals surface area contributed by atoms with Gasteiger partial charge in [-0.15, -0.1) is 0 Å². The first kappa shape index (κ1) is 18.6. The molecule has 0 bridgehead atoms. The van der Waals surface area contributed by atoms with E-state index in [0.29, 0.717) is 11.5 Å². The number of rotatable bonds is 5. The van der Waals surface area contributed by atoms with Gasteiger partial charge >= 0.3 is 0 Å². The summed E-state index contributed by atoms with van der Waals surface area (Å²) >= 11 is 0. The molecule has 132 valence electrons. The van der Waals surface area contributed by atoms with Crippen LogP contribution in [0.25, 0.3) is 6.08 Å². The van der Waals surface area contributed by atoms with E-state index < -0.39 is 0 Å². The molecule has 1 amide bonds. The minimum Gasteiger partial charge on any atom is -0.493 e. The van der Waals surface area contributed by atoms with E-state index >= 15 is 0 Å². The number of methoxy groups -OCH3 is 2. The zero-order chi connectivity index (χ0) is 18.4. The minimum atomic E-state index is -0.193. The number of anilines is 1. The lowest BCUT2D eigenvalue weighted by atomic mass is 9.86. The van der Waals surface area contributed by atoms with Crippen molar-refractivity contribution in [3.05, 3.63) is 59.7 Å². The lowest BCUT2D eigenvalue weighted by Crippen LogP contribution is -2.17. The van der Waals surface area contributed by atoms with Gasteiger partial charge in [0.15, 0.2) is 11.5 Å². The van der Waals surface area contributed by atoms with E-state index in [-0.39, 0.29) is 11.3 Å². The molecular weight excluding hydrogens is 314 g/mol. The fourth-order valence-electron chi connectivity index (χ4n) is 2.63. The van der Waals surface area contributed by atoms with E-state index in [4.69, 9.17) is 9.47 Å². The van der Waals surface area contributed by atoms with Crippen LogP contribution in [-0.4, -0.2) is 20.1 Å². The first-order valence-corrected chi connectivity index (χ1v) is 8.16. The Morgan fingerprint density at radius 2 is 1.72 bits per heavy atom. The molecule has 0 aromatic heterocycles. The van der Waals surface area contributed by atoms with E-state index in [2.05, 4.69) is 26.1 Å². The van der Waals surface area contributed by atoms with Crippen LogP contribution in [0.3, 0.4) is 0 Å². The Bertz CT molecular complexity index is 773. The highest BCUT2D eigenvalue weighted by atomic mass is 16.5. The third kappa shape index (κ3) is 4.63. The van der Waals surface area contributed by atoms with Crippen LogP contribution in [0, 0.1) is 0 Å². The Labute approximate surface area is 149 Å². The maximum absolute atomic E-state index is 12.3. The van der Waals surface area contributed by atoms with E-state index in [0.717, 1.165) is 16.8 Å². The molecule has 0 saturated heterocycles. The quantitative estimate of drug-likeness (QED) is 0.806. The Balaban J connectivity index is 2.21. The number of benzene rings is 2. The van der Waals surface area contributed by atoms with Crippen LogP contribution in [-0.2, 0) is 10.2 Å². The van der Waals surface area contributed by atoms with Crippen molar-refractivity contribution in [1.82, 2.24) is 0 Å². The minimum absolute atomic E-state index is 0.0520. The van der Waals surface area contributed by atoms with Gasteiger partial charge in [0.2, 0.25) is 5.91 Å². The van der Waals surface area contributed by atoms with E-state index in [1.165, 1.54) is 6.08 Å². The fraction of sp³-hybridized carbons (Fsp3) is 0.286. The second-order valence-corrected chi connectivity index (χ2v) is 6.70. The first-order valence-electron chi connectivity index (χ1n) is 8.16. The van der Waals surface area contributed by atoms with Crippen molar-refractivity contribution in [2.45, 2.75) is 26.2 Å². The number of hydrogen-bond acceptors (Lipinski definition) is 3. The third-order valence-electron chi connectivity index (χ3n) is 3.84. The molecular formula is C21H25NO3. The molecule has 0 heterocycles. The van der Waals surface area contributed by atoms with E-state index in [1.54, 1.807) is 20.3 Å². The first-order chi connectivity index (χ1) is 11.9. The van der Waals surface area contributed by atoms with Gasteiger partial charge < -0.3 is 14.8 Å². The molecule has 2 aromatic carbocycles. The van der Waals surface area contributed by atoms with Crippen LogP contribution in [0.2, 0.25) is 0 Å². The molecule has 0 saturated carbocycles. The zero-order valence-corrected chi connectivity index (χ0v) is 15.4. The summed E-state index contributed by atoms with van der Waals surface area (Å²) < 4.78 is 10.6. The molecule has 1 N–H and O–H groups in total. The van der Waals surface area contributed by atoms with Gasteiger partial charge in [0.1, 0.15) is 0 Å². The van der Waals surface area contributed by atoms with Gasteiger partial charge in [0.05, 0.1) is 14.2 Å². The normalized spacial score (nSPS) is 11.4. The van der Waals surface area contributed by atoms with Crippen molar-refractivity contribution in [2.75, 3.05) is 19.5 Å². The van der Waals surface area contributed by atoms with Crippen molar-refractivity contribution in [3.63, 3.8) is 0 Å². The summed E-state index contributed by atoms with van der Waals surface area (Å²) in [6.45, 7) is 6.36. The highest BCUT2D eigenvalue weighted by molar-refractivity contribution is 6.02. The Kier molecular flexibility index (Phi) is 5.86. The lowest BCUT2D eigenvalue weighted by molar-refractivity contribution is -0.111. The molecule has 0 radical (unpaired) electrons. The van der Waals surface area contributed by atoms with Crippen LogP contribution < -0.4 is 14.8 Å². The molecule has 2 rings (SSSR count). The lowest BCUT2D eigenvalue weighted by Gasteiger charge is -2.22. The summed E-state index contributed by atoms with van der Waals surface area (Å²) in [4.78, 5) is 12.3. The van der Waals surface area contributed by atoms with Crippen molar-refractivity contribution in [1.29, 1.82) is 0 Å². The van der Waals surface area contributed by atoms with Gasteiger partial charge in [-0.1, -0.05) is 51.1 Å². The summed E-state index contributed by atoms with van der Waals surface area (Å²) in [5.41, 5.74) is 2.64. The second-order valence-electron chi connectivity index (χ2n) is 6.70. The van der Waals surface area contributed by atoms with Crippen LogP contribution >= 0.6 is 0 Å². The van der Waals surface area contributed by atoms with Gasteiger partial charge in [0.25, 0.3) is 0 Å². The molecule has 0 aliphatic carbocycles. The molecule has 4 nitrogen and oxygen atoms in total. The summed E-state index contributed by atoms with van der Waals surface area (Å²) in [6.07, 6.45) is 3.22. The summed E-state index contributed by atoms with van der Waals surface area (Å²) in [5.74, 6) is 1.04. The smallest absolute Gasteiger partial charge is 0.248 e. The van der Waals surface area contributed by atoms with Gasteiger partial charge in [-0.3, -0.25) is 4.79 Å². The highest BCUT2D eigenvalue weighted by Crippen LogP contribution is 2.32. The Hall–Kier alpha value is -2.75. The van der Waals surface area contributed by atoms with Crippen molar-refractivity contribution in [3.8, 4) is 11.5 Å². The molecule has 25 heavy (non-hydrogen) atoms. The molecule has 0 spiro atoms. The van der Waals surface area contributed by atoms with Crippen molar-refractivity contribution < 1.29 is 14.3 Å². The van der Waals surface area contributed by atoms with E-state index in [9.17, 15) is 4.79 Å². The Morgan fingerprint density at radius 1 is 1.00 bits per heavy atom. The van der Waals surface area contributed by atoms with Crippen LogP contribution in [0.5, 0.6) is 11.5 Å². The molecule has 0 aliphatic heterocycles. The predicted octanol–water partition coefficient (Wildman–Crippen LogP) is 4.65. The Morgan fingerprint density at radius 3 is 2.36 bits per heavy atom. The number of nitrogens with one attached hydrogen (secondary N) is 1. The topological polar surface area (TPSA) is 47.6 Å². The van der Waals surface area contributed by atoms with Crippen LogP contribution in [0.15, 0.2) is 48.5 Å². The second kappa shape index (κ2) is 7.88. The van der Waals surface area contributed by atoms with Gasteiger partial charge in [-0.2, -0.15) is 0 Å².